The van der Waals surface area contributed by atoms with Crippen LogP contribution in [-0.4, -0.2) is 46.0 Å². The molecule has 0 spiro atoms. The van der Waals surface area contributed by atoms with Crippen molar-refractivity contribution < 1.29 is 14.7 Å². The summed E-state index contributed by atoms with van der Waals surface area (Å²) in [7, 11) is 0. The number of hydrogen-bond donors (Lipinski definition) is 2. The highest BCUT2D eigenvalue weighted by atomic mass is 35.5. The van der Waals surface area contributed by atoms with E-state index >= 15 is 0 Å². The molecule has 1 aromatic heterocycles. The monoisotopic (exact) mass is 519 g/mol. The number of nitrogens with one attached hydrogen (secondary N) is 1. The van der Waals surface area contributed by atoms with Crippen molar-refractivity contribution in [1.82, 2.24) is 15.2 Å². The zero-order valence-electron chi connectivity index (χ0n) is 20.9. The Morgan fingerprint density at radius 3 is 2.41 bits per heavy atom. The molecule has 2 aromatic carbocycles. The second-order valence-electron chi connectivity index (χ2n) is 9.71. The van der Waals surface area contributed by atoms with Gasteiger partial charge >= 0.3 is 0 Å². The Morgan fingerprint density at radius 1 is 1.00 bits per heavy atom. The highest BCUT2D eigenvalue weighted by Gasteiger charge is 2.47. The van der Waals surface area contributed by atoms with E-state index in [4.69, 9.17) is 21.5 Å². The maximum atomic E-state index is 13.5. The average molecular weight is 520 g/mol. The van der Waals surface area contributed by atoms with E-state index in [0.29, 0.717) is 18.4 Å². The molecule has 5 rings (SSSR count). The highest BCUT2D eigenvalue weighted by molar-refractivity contribution is 6.30. The lowest BCUT2D eigenvalue weighted by atomic mass is 9.66. The Labute approximate surface area is 223 Å². The van der Waals surface area contributed by atoms with Crippen LogP contribution < -0.4 is 5.32 Å². The van der Waals surface area contributed by atoms with Crippen molar-refractivity contribution in [3.63, 3.8) is 0 Å². The summed E-state index contributed by atoms with van der Waals surface area (Å²) < 4.78 is 0. The number of halogens is 1. The van der Waals surface area contributed by atoms with Crippen LogP contribution in [0.4, 0.5) is 0 Å². The topological polar surface area (TPSA) is 82.5 Å². The van der Waals surface area contributed by atoms with Crippen LogP contribution in [0.25, 0.3) is 0 Å². The van der Waals surface area contributed by atoms with Crippen LogP contribution >= 0.6 is 11.6 Å². The number of carbonyl (C=O) groups is 2. The molecule has 0 radical (unpaired) electrons. The number of likely N-dealkylation sites (tertiary alicyclic amines) is 1. The minimum atomic E-state index is -0.250. The number of aromatic nitrogens is 1. The molecule has 2 fully saturated rings. The van der Waals surface area contributed by atoms with E-state index in [1.54, 1.807) is 0 Å². The van der Waals surface area contributed by atoms with E-state index in [9.17, 15) is 4.79 Å². The minimum Gasteiger partial charge on any atom is -0.483 e. The second-order valence-corrected chi connectivity index (χ2v) is 10.1. The van der Waals surface area contributed by atoms with Gasteiger partial charge in [0.05, 0.1) is 0 Å². The third kappa shape index (κ3) is 6.96. The summed E-state index contributed by atoms with van der Waals surface area (Å²) in [5.74, 6) is 0.870. The smallest absolute Gasteiger partial charge is 0.290 e. The van der Waals surface area contributed by atoms with Gasteiger partial charge in [-0.2, -0.15) is 0 Å². The van der Waals surface area contributed by atoms with Gasteiger partial charge in [-0.25, -0.2) is 0 Å². The number of carbonyl (C=O) groups excluding carboxylic acids is 1. The lowest BCUT2D eigenvalue weighted by molar-refractivity contribution is -0.142. The van der Waals surface area contributed by atoms with Crippen LogP contribution in [0.1, 0.15) is 48.3 Å². The molecule has 0 bridgehead atoms. The van der Waals surface area contributed by atoms with Gasteiger partial charge in [-0.3, -0.25) is 14.6 Å². The van der Waals surface area contributed by atoms with Crippen molar-refractivity contribution in [1.29, 1.82) is 0 Å². The summed E-state index contributed by atoms with van der Waals surface area (Å²) in [6.45, 7) is 1.36. The summed E-state index contributed by atoms with van der Waals surface area (Å²) in [4.78, 5) is 28.2. The predicted octanol–water partition coefficient (Wildman–Crippen LogP) is 5.32. The maximum absolute atomic E-state index is 13.5. The molecule has 1 saturated heterocycles. The molecular weight excluding hydrogens is 486 g/mol. The van der Waals surface area contributed by atoms with Crippen molar-refractivity contribution in [2.45, 2.75) is 56.7 Å². The quantitative estimate of drug-likeness (QED) is 0.413. The fraction of sp³-hybridized carbons (Fsp3) is 0.367. The van der Waals surface area contributed by atoms with Gasteiger partial charge in [0.2, 0.25) is 5.91 Å². The number of piperidine rings is 1. The number of nitrogens with zero attached hydrogens (tertiary/aromatic N) is 2. The van der Waals surface area contributed by atoms with E-state index < -0.39 is 0 Å². The molecule has 4 atom stereocenters. The molecule has 3 aromatic rings. The molecule has 194 valence electrons. The van der Waals surface area contributed by atoms with Gasteiger partial charge in [-0.05, 0) is 72.6 Å². The van der Waals surface area contributed by atoms with Crippen LogP contribution in [-0.2, 0) is 22.6 Å². The molecular formula is C30H34ClN3O3. The Bertz CT molecular complexity index is 1130. The van der Waals surface area contributed by atoms with Crippen LogP contribution in [0, 0.1) is 5.92 Å². The normalized spacial score (nSPS) is 22.9. The largest absolute Gasteiger partial charge is 0.483 e. The average Bonchev–Trinajstić information content (AvgIpc) is 2.93. The first-order valence-corrected chi connectivity index (χ1v) is 13.3. The van der Waals surface area contributed by atoms with E-state index in [2.05, 4.69) is 63.7 Å². The van der Waals surface area contributed by atoms with E-state index in [1.807, 2.05) is 30.6 Å². The zero-order chi connectivity index (χ0) is 26.0. The van der Waals surface area contributed by atoms with Gasteiger partial charge in [0.15, 0.2) is 0 Å². The van der Waals surface area contributed by atoms with Crippen molar-refractivity contribution in [3.05, 3.63) is 101 Å². The molecule has 37 heavy (non-hydrogen) atoms. The Hall–Kier alpha value is -3.22. The summed E-state index contributed by atoms with van der Waals surface area (Å²) >= 11 is 6.19. The van der Waals surface area contributed by atoms with E-state index in [1.165, 1.54) is 16.7 Å². The number of amides is 1. The third-order valence-electron chi connectivity index (χ3n) is 7.60. The van der Waals surface area contributed by atoms with Crippen molar-refractivity contribution in [3.8, 4) is 0 Å². The van der Waals surface area contributed by atoms with Crippen LogP contribution in [0.5, 0.6) is 0 Å². The number of benzene rings is 2. The summed E-state index contributed by atoms with van der Waals surface area (Å²) in [5, 5.41) is 11.5. The van der Waals surface area contributed by atoms with E-state index in [-0.39, 0.29) is 24.3 Å². The van der Waals surface area contributed by atoms with Gasteiger partial charge in [0.1, 0.15) is 0 Å². The van der Waals surface area contributed by atoms with Crippen molar-refractivity contribution >= 4 is 24.0 Å². The Morgan fingerprint density at radius 2 is 1.70 bits per heavy atom. The van der Waals surface area contributed by atoms with Crippen molar-refractivity contribution in [2.75, 3.05) is 6.54 Å². The fourth-order valence-electron chi connectivity index (χ4n) is 5.96. The number of fused-ring (bicyclic) bond motifs is 1. The van der Waals surface area contributed by atoms with Gasteiger partial charge < -0.3 is 15.3 Å². The molecule has 2 heterocycles. The highest BCUT2D eigenvalue weighted by Crippen LogP contribution is 2.45. The van der Waals surface area contributed by atoms with Crippen molar-refractivity contribution in [2.24, 2.45) is 5.92 Å². The molecule has 1 aliphatic heterocycles. The van der Waals surface area contributed by atoms with Gasteiger partial charge in [0.25, 0.3) is 6.47 Å². The SMILES string of the molecule is O=C1C[C@H](c2ccc(Cl)cc2)[C@H]2[C@@H](NCc3ccncc3)CCC[C@H]2N1CCc1ccccc1.O=CO. The molecule has 0 unspecified atom stereocenters. The Kier molecular flexibility index (Phi) is 9.69. The van der Waals surface area contributed by atoms with Crippen LogP contribution in [0.15, 0.2) is 79.1 Å². The number of carboxylic acid groups (broad SMARTS) is 1. The summed E-state index contributed by atoms with van der Waals surface area (Å²) in [5.41, 5.74) is 3.76. The van der Waals surface area contributed by atoms with Gasteiger partial charge in [-0.15, -0.1) is 0 Å². The standard InChI is InChI=1S/C29H32ClN3O.CH2O2/c30-24-11-9-23(10-12-24)25-19-28(34)33(18-15-21-5-2-1-3-6-21)27-8-4-7-26(29(25)27)32-20-22-13-16-31-17-14-22;2-1-3/h1-3,5-6,9-14,16-17,25-27,29,32H,4,7-8,15,18-20H2;1H,(H,2,3)/t25-,26+,27-,29+;/m1./s1. The second kappa shape index (κ2) is 13.4. The molecule has 6 nitrogen and oxygen atoms in total. The van der Waals surface area contributed by atoms with E-state index in [0.717, 1.165) is 43.8 Å². The fourth-order valence-corrected chi connectivity index (χ4v) is 6.09. The number of hydrogen-bond acceptors (Lipinski definition) is 4. The summed E-state index contributed by atoms with van der Waals surface area (Å²) in [6.07, 6.45) is 8.50. The molecule has 1 amide bonds. The number of rotatable bonds is 7. The molecule has 2 aliphatic rings. The predicted molar refractivity (Wildman–Crippen MR) is 145 cm³/mol. The first-order valence-electron chi connectivity index (χ1n) is 12.9. The summed E-state index contributed by atoms with van der Waals surface area (Å²) in [6, 6.07) is 23.4. The first-order chi connectivity index (χ1) is 18.1. The zero-order valence-corrected chi connectivity index (χ0v) is 21.6. The van der Waals surface area contributed by atoms with Gasteiger partial charge in [0, 0.05) is 54.9 Å². The number of pyridine rings is 1. The molecule has 1 aliphatic carbocycles. The first kappa shape index (κ1) is 26.8. The van der Waals surface area contributed by atoms with Crippen LogP contribution in [0.3, 0.4) is 0 Å². The Balaban J connectivity index is 0.00000102. The molecule has 1 saturated carbocycles. The molecule has 7 heteroatoms. The molecule has 2 N–H and O–H groups in total. The van der Waals surface area contributed by atoms with Gasteiger partial charge in [-0.1, -0.05) is 54.1 Å². The maximum Gasteiger partial charge on any atom is 0.290 e. The lowest BCUT2D eigenvalue weighted by Gasteiger charge is -2.51. The minimum absolute atomic E-state index is 0.206. The van der Waals surface area contributed by atoms with Crippen LogP contribution in [0.2, 0.25) is 5.02 Å². The third-order valence-corrected chi connectivity index (χ3v) is 7.86. The lowest BCUT2D eigenvalue weighted by Crippen LogP contribution is -2.59.